The molecule has 0 fully saturated rings. The van der Waals surface area contributed by atoms with Gasteiger partial charge in [0.05, 0.1) is 27.1 Å². The molecule has 0 radical (unpaired) electrons. The van der Waals surface area contributed by atoms with Gasteiger partial charge in [-0.15, -0.1) is 0 Å². The van der Waals surface area contributed by atoms with Crippen LogP contribution < -0.4 is 0 Å². The highest BCUT2D eigenvalue weighted by Gasteiger charge is 2.15. The quantitative estimate of drug-likeness (QED) is 0.630. The molecule has 0 saturated carbocycles. The highest BCUT2D eigenvalue weighted by atomic mass is 79.9. The Morgan fingerprint density at radius 2 is 1.17 bits per heavy atom. The smallest absolute Gasteiger partial charge is 0.310 e. The molecular weight excluding hydrogens is 440 g/mol. The topological polar surface area (TPSA) is 52.6 Å². The molecule has 2 aromatic carbocycles. The average Bonchev–Trinajstić information content (AvgIpc) is 2.55. The van der Waals surface area contributed by atoms with Crippen LogP contribution in [0.3, 0.4) is 0 Å². The summed E-state index contributed by atoms with van der Waals surface area (Å²) in [6.45, 7) is 0. The number of halogens is 2. The summed E-state index contributed by atoms with van der Waals surface area (Å²) >= 11 is 6.86. The molecule has 0 N–H and O–H groups in total. The molecule has 2 rings (SSSR count). The van der Waals surface area contributed by atoms with Crippen molar-refractivity contribution in [2.45, 2.75) is 12.8 Å². The van der Waals surface area contributed by atoms with Gasteiger partial charge in [0.1, 0.15) is 0 Å². The van der Waals surface area contributed by atoms with Crippen molar-refractivity contribution in [1.82, 2.24) is 0 Å². The van der Waals surface area contributed by atoms with Crippen molar-refractivity contribution in [3.05, 3.63) is 56.5 Å². The molecule has 2 aromatic rings. The number of benzene rings is 2. The summed E-state index contributed by atoms with van der Waals surface area (Å²) in [5.41, 5.74) is 3.42. The summed E-state index contributed by atoms with van der Waals surface area (Å²) in [7, 11) is 2.73. The zero-order valence-electron chi connectivity index (χ0n) is 13.3. The van der Waals surface area contributed by atoms with Gasteiger partial charge in [-0.05, 0) is 46.5 Å². The Bertz CT molecular complexity index is 706. The first-order valence-electron chi connectivity index (χ1n) is 7.15. The van der Waals surface area contributed by atoms with Crippen LogP contribution in [0.25, 0.3) is 11.1 Å². The molecule has 0 bridgehead atoms. The second-order valence-corrected chi connectivity index (χ2v) is 6.94. The van der Waals surface area contributed by atoms with Crippen LogP contribution in [0.1, 0.15) is 11.1 Å². The summed E-state index contributed by atoms with van der Waals surface area (Å²) in [4.78, 5) is 23.4. The molecule has 0 unspecified atom stereocenters. The Balaban J connectivity index is 2.55. The molecule has 6 heteroatoms. The lowest BCUT2D eigenvalue weighted by Crippen LogP contribution is -2.08. The summed E-state index contributed by atoms with van der Waals surface area (Å²) in [5, 5.41) is 0. The average molecular weight is 456 g/mol. The van der Waals surface area contributed by atoms with E-state index in [9.17, 15) is 9.59 Å². The Morgan fingerprint density at radius 1 is 0.792 bits per heavy atom. The first kappa shape index (κ1) is 18.7. The lowest BCUT2D eigenvalue weighted by Gasteiger charge is -2.14. The number of esters is 2. The Hall–Kier alpha value is -1.66. The first-order valence-corrected chi connectivity index (χ1v) is 8.74. The van der Waals surface area contributed by atoms with Gasteiger partial charge >= 0.3 is 11.9 Å². The molecule has 0 aliphatic rings. The van der Waals surface area contributed by atoms with Gasteiger partial charge in [-0.25, -0.2) is 0 Å². The fourth-order valence-corrected chi connectivity index (χ4v) is 3.21. The maximum Gasteiger partial charge on any atom is 0.310 e. The van der Waals surface area contributed by atoms with Crippen LogP contribution in [0.5, 0.6) is 0 Å². The minimum atomic E-state index is -0.319. The highest BCUT2D eigenvalue weighted by Crippen LogP contribution is 2.32. The fourth-order valence-electron chi connectivity index (χ4n) is 2.40. The molecule has 4 nitrogen and oxygen atoms in total. The first-order chi connectivity index (χ1) is 11.4. The zero-order chi connectivity index (χ0) is 17.7. The molecule has 0 saturated heterocycles. The van der Waals surface area contributed by atoms with Crippen LogP contribution >= 0.6 is 31.9 Å². The predicted octanol–water partition coefficient (Wildman–Crippen LogP) is 4.31. The number of ether oxygens (including phenoxy) is 2. The van der Waals surface area contributed by atoms with E-state index in [2.05, 4.69) is 31.9 Å². The Labute approximate surface area is 157 Å². The van der Waals surface area contributed by atoms with Gasteiger partial charge in [0, 0.05) is 8.95 Å². The van der Waals surface area contributed by atoms with Crippen molar-refractivity contribution in [2.24, 2.45) is 0 Å². The molecule has 0 atom stereocenters. The Morgan fingerprint density at radius 3 is 1.50 bits per heavy atom. The van der Waals surface area contributed by atoms with Crippen molar-refractivity contribution < 1.29 is 19.1 Å². The third kappa shape index (κ3) is 4.68. The molecule has 126 valence electrons. The van der Waals surface area contributed by atoms with E-state index in [1.165, 1.54) is 14.2 Å². The van der Waals surface area contributed by atoms with Crippen molar-refractivity contribution in [2.75, 3.05) is 14.2 Å². The van der Waals surface area contributed by atoms with E-state index in [1.807, 2.05) is 36.4 Å². The van der Waals surface area contributed by atoms with E-state index in [0.29, 0.717) is 0 Å². The number of carbonyl (C=O) groups excluding carboxylic acids is 2. The number of rotatable bonds is 5. The number of carbonyl (C=O) groups is 2. The molecule has 0 aliphatic heterocycles. The monoisotopic (exact) mass is 454 g/mol. The third-order valence-electron chi connectivity index (χ3n) is 3.55. The van der Waals surface area contributed by atoms with Crippen LogP contribution in [0, 0.1) is 0 Å². The van der Waals surface area contributed by atoms with Gasteiger partial charge in [-0.1, -0.05) is 44.0 Å². The minimum absolute atomic E-state index is 0.152. The van der Waals surface area contributed by atoms with Gasteiger partial charge in [-0.3, -0.25) is 9.59 Å². The lowest BCUT2D eigenvalue weighted by molar-refractivity contribution is -0.140. The van der Waals surface area contributed by atoms with E-state index in [-0.39, 0.29) is 24.8 Å². The SMILES string of the molecule is COC(=O)Cc1cc(Br)ccc1-c1ccc(Br)cc1CC(=O)OC. The molecule has 24 heavy (non-hydrogen) atoms. The number of hydrogen-bond acceptors (Lipinski definition) is 4. The van der Waals surface area contributed by atoms with Crippen molar-refractivity contribution >= 4 is 43.8 Å². The van der Waals surface area contributed by atoms with Crippen molar-refractivity contribution in [3.8, 4) is 11.1 Å². The molecule has 0 amide bonds. The van der Waals surface area contributed by atoms with Crippen LogP contribution in [0.4, 0.5) is 0 Å². The second kappa shape index (κ2) is 8.44. The van der Waals surface area contributed by atoms with Crippen LogP contribution in [-0.4, -0.2) is 26.2 Å². The molecule has 0 heterocycles. The van der Waals surface area contributed by atoms with Gasteiger partial charge in [0.25, 0.3) is 0 Å². The largest absolute Gasteiger partial charge is 0.469 e. The third-order valence-corrected chi connectivity index (χ3v) is 4.54. The van der Waals surface area contributed by atoms with Crippen LogP contribution in [0.2, 0.25) is 0 Å². The maximum absolute atomic E-state index is 11.7. The molecule has 0 spiro atoms. The molecular formula is C18H16Br2O4. The van der Waals surface area contributed by atoms with E-state index in [1.54, 1.807) is 0 Å². The fraction of sp³-hybridized carbons (Fsp3) is 0.222. The van der Waals surface area contributed by atoms with Crippen molar-refractivity contribution in [1.29, 1.82) is 0 Å². The van der Waals surface area contributed by atoms with E-state index >= 15 is 0 Å². The van der Waals surface area contributed by atoms with E-state index in [4.69, 9.17) is 9.47 Å². The number of methoxy groups -OCH3 is 2. The van der Waals surface area contributed by atoms with Crippen LogP contribution in [-0.2, 0) is 31.9 Å². The lowest BCUT2D eigenvalue weighted by atomic mass is 9.93. The standard InChI is InChI=1S/C18H16Br2O4/c1-23-17(21)9-11-7-13(19)3-5-15(11)16-6-4-14(20)8-12(16)10-18(22)24-2/h3-8H,9-10H2,1-2H3. The van der Waals surface area contributed by atoms with E-state index < -0.39 is 0 Å². The van der Waals surface area contributed by atoms with E-state index in [0.717, 1.165) is 31.2 Å². The molecule has 0 aromatic heterocycles. The number of hydrogen-bond donors (Lipinski definition) is 0. The van der Waals surface area contributed by atoms with Gasteiger partial charge in [0.15, 0.2) is 0 Å². The minimum Gasteiger partial charge on any atom is -0.469 e. The van der Waals surface area contributed by atoms with Gasteiger partial charge in [0.2, 0.25) is 0 Å². The molecule has 0 aliphatic carbocycles. The summed E-state index contributed by atoms with van der Waals surface area (Å²) < 4.78 is 11.3. The normalized spacial score (nSPS) is 10.3. The highest BCUT2D eigenvalue weighted by molar-refractivity contribution is 9.10. The zero-order valence-corrected chi connectivity index (χ0v) is 16.4. The maximum atomic E-state index is 11.7. The van der Waals surface area contributed by atoms with Crippen LogP contribution in [0.15, 0.2) is 45.3 Å². The summed E-state index contributed by atoms with van der Waals surface area (Å²) in [6, 6.07) is 11.4. The van der Waals surface area contributed by atoms with Gasteiger partial charge in [-0.2, -0.15) is 0 Å². The van der Waals surface area contributed by atoms with Gasteiger partial charge < -0.3 is 9.47 Å². The Kier molecular flexibility index (Phi) is 6.57. The second-order valence-electron chi connectivity index (χ2n) is 5.11. The van der Waals surface area contributed by atoms with Crippen molar-refractivity contribution in [3.63, 3.8) is 0 Å². The predicted molar refractivity (Wildman–Crippen MR) is 98.7 cm³/mol. The summed E-state index contributed by atoms with van der Waals surface area (Å²) in [5.74, 6) is -0.637. The summed E-state index contributed by atoms with van der Waals surface area (Å²) in [6.07, 6.45) is 0.304.